The molecule has 1 atom stereocenters. The van der Waals surface area contributed by atoms with E-state index < -0.39 is 0 Å². The van der Waals surface area contributed by atoms with Crippen LogP contribution in [0.15, 0.2) is 29.5 Å². The lowest BCUT2D eigenvalue weighted by atomic mass is 10.0. The summed E-state index contributed by atoms with van der Waals surface area (Å²) in [5.41, 5.74) is 2.22. The maximum absolute atomic E-state index is 11.4. The third-order valence-electron chi connectivity index (χ3n) is 4.00. The van der Waals surface area contributed by atoms with E-state index in [0.29, 0.717) is 5.92 Å². The summed E-state index contributed by atoms with van der Waals surface area (Å²) in [7, 11) is 2.01. The van der Waals surface area contributed by atoms with Gasteiger partial charge < -0.3 is 4.90 Å². The van der Waals surface area contributed by atoms with Crippen LogP contribution in [0.2, 0.25) is 0 Å². The van der Waals surface area contributed by atoms with E-state index in [1.807, 2.05) is 30.3 Å². The fraction of sp³-hybridized carbons (Fsp3) is 0.333. The van der Waals surface area contributed by atoms with E-state index in [1.54, 1.807) is 11.3 Å². The van der Waals surface area contributed by atoms with Crippen LogP contribution in [0.1, 0.15) is 50.6 Å². The highest BCUT2D eigenvalue weighted by Gasteiger charge is 2.31. The molecule has 1 aliphatic heterocycles. The maximum atomic E-state index is 11.4. The Morgan fingerprint density at radius 1 is 1.45 bits per heavy atom. The second-order valence-corrected chi connectivity index (χ2v) is 6.55. The van der Waals surface area contributed by atoms with Gasteiger partial charge in [0, 0.05) is 23.7 Å². The number of hydrogen-bond acceptors (Lipinski definition) is 4. The smallest absolute Gasteiger partial charge is 0.160 e. The third kappa shape index (κ3) is 1.73. The minimum atomic E-state index is 0.0754. The molecule has 0 spiro atoms. The van der Waals surface area contributed by atoms with Crippen molar-refractivity contribution in [3.63, 3.8) is 0 Å². The molecule has 5 heteroatoms. The van der Waals surface area contributed by atoms with Crippen LogP contribution in [-0.2, 0) is 0 Å². The molecule has 0 aromatic carbocycles. The highest BCUT2D eigenvalue weighted by molar-refractivity contribution is 7.14. The van der Waals surface area contributed by atoms with Gasteiger partial charge in [-0.3, -0.25) is 4.79 Å². The largest absolute Gasteiger partial charge is 0.351 e. The van der Waals surface area contributed by atoms with Gasteiger partial charge in [-0.1, -0.05) is 0 Å². The first-order chi connectivity index (χ1) is 9.78. The molecule has 1 fully saturated rings. The first-order valence-electron chi connectivity index (χ1n) is 6.80. The van der Waals surface area contributed by atoms with Gasteiger partial charge in [0.1, 0.15) is 6.34 Å². The number of hydrogen-bond donors (Lipinski definition) is 0. The fourth-order valence-electron chi connectivity index (χ4n) is 2.81. The Bertz CT molecular complexity index is 696. The second kappa shape index (κ2) is 4.31. The van der Waals surface area contributed by atoms with Crippen LogP contribution < -0.4 is 0 Å². The van der Waals surface area contributed by atoms with Crippen LogP contribution in [0.4, 0.5) is 0 Å². The number of carbonyl (C=O) groups is 1. The van der Waals surface area contributed by atoms with E-state index in [2.05, 4.69) is 22.1 Å². The molecule has 2 aromatic rings. The predicted molar refractivity (Wildman–Crippen MR) is 79.6 cm³/mol. The van der Waals surface area contributed by atoms with Gasteiger partial charge in [-0.2, -0.15) is 5.10 Å². The van der Waals surface area contributed by atoms with Crippen molar-refractivity contribution in [2.45, 2.75) is 24.8 Å². The molecule has 0 bridgehead atoms. The molecule has 4 nitrogen and oxygen atoms in total. The van der Waals surface area contributed by atoms with Gasteiger partial charge in [0.05, 0.1) is 16.6 Å². The van der Waals surface area contributed by atoms with Crippen molar-refractivity contribution >= 4 is 24.0 Å². The fourth-order valence-corrected chi connectivity index (χ4v) is 3.99. The Kier molecular flexibility index (Phi) is 2.57. The molecule has 1 unspecified atom stereocenters. The third-order valence-corrected chi connectivity index (χ3v) is 5.23. The van der Waals surface area contributed by atoms with Gasteiger partial charge in [0.15, 0.2) is 6.29 Å². The van der Waals surface area contributed by atoms with Crippen LogP contribution in [0, 0.1) is 0 Å². The molecule has 0 saturated heterocycles. The molecule has 20 heavy (non-hydrogen) atoms. The average molecular weight is 285 g/mol. The summed E-state index contributed by atoms with van der Waals surface area (Å²) >= 11 is 1.65. The molecular formula is C15H15N3OS. The summed E-state index contributed by atoms with van der Waals surface area (Å²) in [6, 6.07) is 6.37. The zero-order chi connectivity index (χ0) is 13.7. The topological polar surface area (TPSA) is 37.6 Å². The molecule has 102 valence electrons. The number of carbonyl (C=O) groups excluding carboxylic acids is 1. The average Bonchev–Trinajstić information content (AvgIpc) is 3.05. The Labute approximate surface area is 121 Å². The lowest BCUT2D eigenvalue weighted by Crippen LogP contribution is -2.29. The van der Waals surface area contributed by atoms with Gasteiger partial charge in [-0.15, -0.1) is 11.3 Å². The highest BCUT2D eigenvalue weighted by Crippen LogP contribution is 2.46. The zero-order valence-electron chi connectivity index (χ0n) is 11.2. The predicted octanol–water partition coefficient (Wildman–Crippen LogP) is 3.07. The quantitative estimate of drug-likeness (QED) is 0.813. The van der Waals surface area contributed by atoms with Crippen molar-refractivity contribution in [2.75, 3.05) is 7.05 Å². The molecule has 1 saturated carbocycles. The van der Waals surface area contributed by atoms with Crippen molar-refractivity contribution in [1.29, 1.82) is 0 Å². The molecular weight excluding hydrogens is 270 g/mol. The molecule has 0 radical (unpaired) electrons. The van der Waals surface area contributed by atoms with E-state index in [1.165, 1.54) is 17.7 Å². The van der Waals surface area contributed by atoms with Gasteiger partial charge in [0.25, 0.3) is 0 Å². The highest BCUT2D eigenvalue weighted by atomic mass is 32.1. The Morgan fingerprint density at radius 2 is 2.30 bits per heavy atom. The molecule has 2 aromatic heterocycles. The molecule has 0 N–H and O–H groups in total. The van der Waals surface area contributed by atoms with E-state index >= 15 is 0 Å². The van der Waals surface area contributed by atoms with Crippen molar-refractivity contribution in [3.8, 4) is 0 Å². The molecule has 1 aliphatic carbocycles. The number of aromatic nitrogens is 1. The first kappa shape index (κ1) is 11.9. The number of rotatable bonds is 3. The standard InChI is InChI=1S/C15H15N3OS/c1-17-9-16-18-6-2-3-12(18)15(17)11-7-13(10-4-5-10)20-14(11)8-19/h2-3,6-10,15H,4-5H2,1H3. The number of fused-ring (bicyclic) bond motifs is 1. The summed E-state index contributed by atoms with van der Waals surface area (Å²) in [5.74, 6) is 0.682. The molecule has 3 heterocycles. The Balaban J connectivity index is 1.83. The molecule has 2 aliphatic rings. The van der Waals surface area contributed by atoms with E-state index in [0.717, 1.165) is 22.4 Å². The second-order valence-electron chi connectivity index (χ2n) is 5.44. The first-order valence-corrected chi connectivity index (χ1v) is 7.62. The van der Waals surface area contributed by atoms with Gasteiger partial charge in [-0.25, -0.2) is 4.68 Å². The van der Waals surface area contributed by atoms with E-state index in [9.17, 15) is 4.79 Å². The summed E-state index contributed by atoms with van der Waals surface area (Å²) < 4.78 is 1.88. The van der Waals surface area contributed by atoms with Crippen molar-refractivity contribution < 1.29 is 4.79 Å². The summed E-state index contributed by atoms with van der Waals surface area (Å²) in [4.78, 5) is 15.7. The number of nitrogens with zero attached hydrogens (tertiary/aromatic N) is 3. The van der Waals surface area contributed by atoms with Crippen molar-refractivity contribution in [1.82, 2.24) is 9.58 Å². The maximum Gasteiger partial charge on any atom is 0.160 e. The SMILES string of the molecule is CN1C=Nn2cccc2C1c1cc(C2CC2)sc1C=O. The van der Waals surface area contributed by atoms with Crippen molar-refractivity contribution in [3.05, 3.63) is 45.4 Å². The summed E-state index contributed by atoms with van der Waals surface area (Å²) in [6.45, 7) is 0. The van der Waals surface area contributed by atoms with E-state index in [4.69, 9.17) is 0 Å². The summed E-state index contributed by atoms with van der Waals surface area (Å²) in [6.07, 6.45) is 7.28. The lowest BCUT2D eigenvalue weighted by Gasteiger charge is -2.29. The van der Waals surface area contributed by atoms with Gasteiger partial charge >= 0.3 is 0 Å². The molecule has 0 amide bonds. The number of aldehydes is 1. The Hall–Kier alpha value is -1.88. The minimum Gasteiger partial charge on any atom is -0.351 e. The normalized spacial score (nSPS) is 21.1. The zero-order valence-corrected chi connectivity index (χ0v) is 12.0. The van der Waals surface area contributed by atoms with Crippen molar-refractivity contribution in [2.24, 2.45) is 5.10 Å². The van der Waals surface area contributed by atoms with Gasteiger partial charge in [-0.05, 0) is 37.0 Å². The monoisotopic (exact) mass is 285 g/mol. The lowest BCUT2D eigenvalue weighted by molar-refractivity contribution is 0.112. The molecule has 4 rings (SSSR count). The minimum absolute atomic E-state index is 0.0754. The Morgan fingerprint density at radius 3 is 3.05 bits per heavy atom. The van der Waals surface area contributed by atoms with Gasteiger partial charge in [0.2, 0.25) is 0 Å². The van der Waals surface area contributed by atoms with Crippen LogP contribution in [0.25, 0.3) is 0 Å². The van der Waals surface area contributed by atoms with E-state index in [-0.39, 0.29) is 6.04 Å². The van der Waals surface area contributed by atoms with Crippen LogP contribution in [-0.4, -0.2) is 29.2 Å². The number of thiophene rings is 1. The van der Waals surface area contributed by atoms with Crippen LogP contribution in [0.3, 0.4) is 0 Å². The van der Waals surface area contributed by atoms with Crippen LogP contribution in [0.5, 0.6) is 0 Å². The summed E-state index contributed by atoms with van der Waals surface area (Å²) in [5, 5.41) is 4.35. The van der Waals surface area contributed by atoms with Crippen LogP contribution >= 0.6 is 11.3 Å².